The van der Waals surface area contributed by atoms with Crippen molar-refractivity contribution in [2.75, 3.05) is 0 Å². The van der Waals surface area contributed by atoms with Crippen LogP contribution >= 0.6 is 15.9 Å². The van der Waals surface area contributed by atoms with Crippen molar-refractivity contribution in [1.29, 1.82) is 0 Å². The van der Waals surface area contributed by atoms with Gasteiger partial charge >= 0.3 is 0 Å². The van der Waals surface area contributed by atoms with Crippen molar-refractivity contribution in [3.8, 4) is 0 Å². The molecule has 0 spiro atoms. The topological polar surface area (TPSA) is 49.3 Å². The third-order valence-corrected chi connectivity index (χ3v) is 5.15. The van der Waals surface area contributed by atoms with Crippen LogP contribution in [0.5, 0.6) is 0 Å². The standard InChI is InChI=1S/C15H24BrNO2S/c1-10(2)14(18)13(17-20(19)15(3,4)5)11-6-8-12(16)9-7-11/h6-10,13-14,17-18H,1-5H3/t13-,14+,20?/m0/s1. The molecule has 0 aliphatic carbocycles. The summed E-state index contributed by atoms with van der Waals surface area (Å²) in [4.78, 5) is 0. The second kappa shape index (κ2) is 7.16. The van der Waals surface area contributed by atoms with Crippen LogP contribution in [0.25, 0.3) is 0 Å². The van der Waals surface area contributed by atoms with Gasteiger partial charge in [-0.1, -0.05) is 41.9 Å². The zero-order valence-corrected chi connectivity index (χ0v) is 15.1. The maximum atomic E-state index is 12.3. The molecule has 1 rings (SSSR count). The fourth-order valence-electron chi connectivity index (χ4n) is 1.68. The number of halogens is 1. The van der Waals surface area contributed by atoms with Crippen LogP contribution in [0.1, 0.15) is 46.2 Å². The molecule has 0 aromatic heterocycles. The zero-order valence-electron chi connectivity index (χ0n) is 12.7. The van der Waals surface area contributed by atoms with Crippen LogP contribution in [0.2, 0.25) is 0 Å². The Balaban J connectivity index is 3.03. The van der Waals surface area contributed by atoms with E-state index in [0.717, 1.165) is 10.0 Å². The number of nitrogens with one attached hydrogen (secondary N) is 1. The minimum atomic E-state index is -1.23. The van der Waals surface area contributed by atoms with Gasteiger partial charge in [-0.3, -0.25) is 0 Å². The molecule has 0 bridgehead atoms. The lowest BCUT2D eigenvalue weighted by atomic mass is 9.94. The summed E-state index contributed by atoms with van der Waals surface area (Å²) in [6.45, 7) is 9.65. The van der Waals surface area contributed by atoms with Gasteiger partial charge in [0.05, 0.1) is 27.9 Å². The number of hydrogen-bond donors (Lipinski definition) is 2. The summed E-state index contributed by atoms with van der Waals surface area (Å²) in [5.74, 6) is 0.0770. The van der Waals surface area contributed by atoms with Crippen LogP contribution in [0.4, 0.5) is 0 Å². The molecule has 0 aliphatic rings. The van der Waals surface area contributed by atoms with Crippen LogP contribution in [-0.4, -0.2) is 20.2 Å². The van der Waals surface area contributed by atoms with Gasteiger partial charge in [0.2, 0.25) is 0 Å². The van der Waals surface area contributed by atoms with Crippen molar-refractivity contribution < 1.29 is 9.32 Å². The highest BCUT2D eigenvalue weighted by atomic mass is 79.9. The van der Waals surface area contributed by atoms with Crippen LogP contribution in [-0.2, 0) is 11.0 Å². The Morgan fingerprint density at radius 1 is 1.20 bits per heavy atom. The van der Waals surface area contributed by atoms with Crippen molar-refractivity contribution in [3.63, 3.8) is 0 Å². The second-order valence-corrected chi connectivity index (χ2v) is 9.18. The van der Waals surface area contributed by atoms with Gasteiger partial charge in [-0.2, -0.15) is 0 Å². The molecule has 0 amide bonds. The van der Waals surface area contributed by atoms with Crippen molar-refractivity contribution in [2.24, 2.45) is 5.92 Å². The maximum absolute atomic E-state index is 12.3. The molecule has 0 radical (unpaired) electrons. The fraction of sp³-hybridized carbons (Fsp3) is 0.600. The Hall–Kier alpha value is -0.230. The summed E-state index contributed by atoms with van der Waals surface area (Å²) < 4.78 is 16.0. The highest BCUT2D eigenvalue weighted by Crippen LogP contribution is 2.25. The van der Waals surface area contributed by atoms with Gasteiger partial charge in [-0.25, -0.2) is 8.93 Å². The average molecular weight is 362 g/mol. The Bertz CT molecular complexity index is 454. The predicted octanol–water partition coefficient (Wildman–Crippen LogP) is 3.56. The molecule has 3 atom stereocenters. The molecule has 0 saturated carbocycles. The molecule has 114 valence electrons. The first kappa shape index (κ1) is 17.8. The van der Waals surface area contributed by atoms with E-state index >= 15 is 0 Å². The number of rotatable bonds is 5. The van der Waals surface area contributed by atoms with Crippen LogP contribution < -0.4 is 4.72 Å². The summed E-state index contributed by atoms with van der Waals surface area (Å²) in [5, 5.41) is 10.4. The van der Waals surface area contributed by atoms with E-state index < -0.39 is 17.1 Å². The van der Waals surface area contributed by atoms with E-state index in [1.807, 2.05) is 58.9 Å². The molecule has 1 aromatic carbocycles. The minimum absolute atomic E-state index is 0.0770. The molecule has 0 saturated heterocycles. The van der Waals surface area contributed by atoms with Crippen LogP contribution in [0.3, 0.4) is 0 Å². The first-order chi connectivity index (χ1) is 9.12. The molecular weight excluding hydrogens is 338 g/mol. The van der Waals surface area contributed by atoms with Gasteiger partial charge < -0.3 is 5.11 Å². The molecule has 0 aliphatic heterocycles. The first-order valence-corrected chi connectivity index (χ1v) is 8.69. The summed E-state index contributed by atoms with van der Waals surface area (Å²) in [6.07, 6.45) is -0.595. The smallest absolute Gasteiger partial charge is 0.0976 e. The third-order valence-electron chi connectivity index (χ3n) is 3.04. The van der Waals surface area contributed by atoms with Crippen LogP contribution in [0, 0.1) is 5.92 Å². The van der Waals surface area contributed by atoms with E-state index in [1.54, 1.807) is 0 Å². The van der Waals surface area contributed by atoms with E-state index in [1.165, 1.54) is 0 Å². The number of aliphatic hydroxyl groups excluding tert-OH is 1. The van der Waals surface area contributed by atoms with E-state index in [-0.39, 0.29) is 16.7 Å². The number of benzene rings is 1. The number of hydrogen-bond acceptors (Lipinski definition) is 2. The maximum Gasteiger partial charge on any atom is 0.0976 e. The van der Waals surface area contributed by atoms with Gasteiger partial charge in [0.15, 0.2) is 0 Å². The van der Waals surface area contributed by atoms with Crippen LogP contribution in [0.15, 0.2) is 28.7 Å². The van der Waals surface area contributed by atoms with Crippen molar-refractivity contribution >= 4 is 26.9 Å². The lowest BCUT2D eigenvalue weighted by molar-refractivity contribution is 0.0922. The Kier molecular flexibility index (Phi) is 6.38. The van der Waals surface area contributed by atoms with Gasteiger partial charge in [-0.05, 0) is 44.4 Å². The molecule has 0 fully saturated rings. The summed E-state index contributed by atoms with van der Waals surface area (Å²) in [7, 11) is -1.23. The molecule has 20 heavy (non-hydrogen) atoms. The summed E-state index contributed by atoms with van der Waals surface area (Å²) in [5.41, 5.74) is 0.937. The van der Waals surface area contributed by atoms with E-state index in [4.69, 9.17) is 0 Å². The van der Waals surface area contributed by atoms with E-state index in [9.17, 15) is 9.32 Å². The van der Waals surface area contributed by atoms with Crippen molar-refractivity contribution in [1.82, 2.24) is 4.72 Å². The fourth-order valence-corrected chi connectivity index (χ4v) is 2.81. The molecule has 2 N–H and O–H groups in total. The van der Waals surface area contributed by atoms with Gasteiger partial charge in [0, 0.05) is 4.47 Å². The van der Waals surface area contributed by atoms with Gasteiger partial charge in [0.25, 0.3) is 0 Å². The second-order valence-electron chi connectivity index (χ2n) is 6.26. The lowest BCUT2D eigenvalue weighted by Gasteiger charge is -2.30. The Morgan fingerprint density at radius 2 is 1.70 bits per heavy atom. The Labute approximate surface area is 132 Å². The monoisotopic (exact) mass is 361 g/mol. The summed E-state index contributed by atoms with van der Waals surface area (Å²) >= 11 is 3.40. The van der Waals surface area contributed by atoms with Gasteiger partial charge in [0.1, 0.15) is 0 Å². The quantitative estimate of drug-likeness (QED) is 0.842. The molecule has 1 unspecified atom stereocenters. The predicted molar refractivity (Wildman–Crippen MR) is 88.8 cm³/mol. The molecule has 3 nitrogen and oxygen atoms in total. The molecule has 1 aromatic rings. The normalized spacial score (nSPS) is 17.0. The SMILES string of the molecule is CC(C)[C@@H](O)[C@@H](NS(=O)C(C)(C)C)c1ccc(Br)cc1. The highest BCUT2D eigenvalue weighted by molar-refractivity contribution is 9.10. The third kappa shape index (κ3) is 4.95. The Morgan fingerprint density at radius 3 is 2.10 bits per heavy atom. The van der Waals surface area contributed by atoms with Crippen molar-refractivity contribution in [3.05, 3.63) is 34.3 Å². The average Bonchev–Trinajstić information content (AvgIpc) is 2.34. The first-order valence-electron chi connectivity index (χ1n) is 6.74. The largest absolute Gasteiger partial charge is 0.391 e. The minimum Gasteiger partial charge on any atom is -0.391 e. The zero-order chi connectivity index (χ0) is 15.5. The van der Waals surface area contributed by atoms with Gasteiger partial charge in [-0.15, -0.1) is 0 Å². The molecule has 0 heterocycles. The number of aliphatic hydroxyl groups is 1. The summed E-state index contributed by atoms with van der Waals surface area (Å²) in [6, 6.07) is 7.39. The highest BCUT2D eigenvalue weighted by Gasteiger charge is 2.29. The molecular formula is C15H24BrNO2S. The van der Waals surface area contributed by atoms with Crippen molar-refractivity contribution in [2.45, 2.75) is 51.5 Å². The molecule has 5 heteroatoms. The lowest BCUT2D eigenvalue weighted by Crippen LogP contribution is -2.41. The van der Waals surface area contributed by atoms with E-state index in [2.05, 4.69) is 20.7 Å². The van der Waals surface area contributed by atoms with E-state index in [0.29, 0.717) is 0 Å².